The van der Waals surface area contributed by atoms with Gasteiger partial charge >= 0.3 is 5.97 Å². The van der Waals surface area contributed by atoms with Gasteiger partial charge in [-0.2, -0.15) is 5.26 Å². The normalized spacial score (nSPS) is 24.8. The molecule has 1 aliphatic heterocycles. The summed E-state index contributed by atoms with van der Waals surface area (Å²) in [6.07, 6.45) is 2.15. The van der Waals surface area contributed by atoms with Gasteiger partial charge in [-0.25, -0.2) is 4.79 Å². The van der Waals surface area contributed by atoms with Crippen LogP contribution in [0.3, 0.4) is 0 Å². The van der Waals surface area contributed by atoms with Crippen molar-refractivity contribution in [2.75, 3.05) is 39.6 Å². The Morgan fingerprint density at radius 3 is 2.06 bits per heavy atom. The second-order valence-corrected chi connectivity index (χ2v) is 8.15. The molecule has 1 fully saturated rings. The van der Waals surface area contributed by atoms with Crippen molar-refractivity contribution in [2.24, 2.45) is 5.92 Å². The third-order valence-electron chi connectivity index (χ3n) is 4.85. The second kappa shape index (κ2) is 18.0. The fourth-order valence-electron chi connectivity index (χ4n) is 3.49. The average molecular weight is 494 g/mol. The predicted octanol–water partition coefficient (Wildman–Crippen LogP) is 3.13. The van der Waals surface area contributed by atoms with Crippen molar-refractivity contribution in [2.45, 2.75) is 57.1 Å². The Morgan fingerprint density at radius 1 is 0.943 bits per heavy atom. The number of hydrogen-bond acceptors (Lipinski definition) is 9. The zero-order chi connectivity index (χ0) is 26.1. The van der Waals surface area contributed by atoms with E-state index in [9.17, 15) is 4.79 Å². The van der Waals surface area contributed by atoms with E-state index in [1.54, 1.807) is 30.4 Å². The van der Waals surface area contributed by atoms with Crippen molar-refractivity contribution >= 4 is 5.97 Å². The Kier molecular flexibility index (Phi) is 15.8. The van der Waals surface area contributed by atoms with E-state index >= 15 is 0 Å². The van der Waals surface area contributed by atoms with Crippen molar-refractivity contribution in [1.82, 2.24) is 0 Å². The van der Waals surface area contributed by atoms with E-state index in [1.165, 1.54) is 0 Å². The Balaban J connectivity index is 3.32. The fraction of sp³-hybridized carbons (Fsp3) is 0.615. The van der Waals surface area contributed by atoms with Crippen molar-refractivity contribution in [3.63, 3.8) is 0 Å². The molecule has 196 valence electrons. The summed E-state index contributed by atoms with van der Waals surface area (Å²) in [5.41, 5.74) is 0. The van der Waals surface area contributed by atoms with Crippen LogP contribution in [0.4, 0.5) is 0 Å². The van der Waals surface area contributed by atoms with Crippen LogP contribution in [0.25, 0.3) is 0 Å². The average Bonchev–Trinajstić information content (AvgIpc) is 2.84. The largest absolute Gasteiger partial charge is 0.448 e. The first kappa shape index (κ1) is 30.7. The fourth-order valence-corrected chi connectivity index (χ4v) is 3.49. The number of nitriles is 1. The van der Waals surface area contributed by atoms with E-state index < -0.39 is 42.8 Å². The van der Waals surface area contributed by atoms with Crippen molar-refractivity contribution in [3.8, 4) is 6.07 Å². The summed E-state index contributed by atoms with van der Waals surface area (Å²) in [5, 5.41) is 8.81. The van der Waals surface area contributed by atoms with Gasteiger partial charge in [0, 0.05) is 0 Å². The Morgan fingerprint density at radius 2 is 1.51 bits per heavy atom. The molecule has 0 aromatic rings. The van der Waals surface area contributed by atoms with Crippen LogP contribution >= 0.6 is 0 Å². The van der Waals surface area contributed by atoms with Crippen LogP contribution in [-0.2, 0) is 38.0 Å². The molecule has 9 heteroatoms. The molecule has 35 heavy (non-hydrogen) atoms. The number of ether oxygens (including phenoxy) is 7. The molecule has 1 saturated heterocycles. The standard InChI is InChI=1S/C26H39NO8/c1-7-12-29-18-21-22(30-13-8-2)23(31-14-9-3)24(32-15-10-4)26(35-21)34-20(17-19(5)6)25(28)33-16-11-27/h7-10,19-24,26H,1-4,12-18H2,5-6H3/t20-,21+,22+,23-,24+,26+/m0/s1. The van der Waals surface area contributed by atoms with Gasteiger partial charge in [0.05, 0.1) is 33.0 Å². The van der Waals surface area contributed by atoms with Crippen molar-refractivity contribution in [1.29, 1.82) is 5.26 Å². The Labute approximate surface area is 208 Å². The van der Waals surface area contributed by atoms with E-state index in [-0.39, 0.29) is 39.0 Å². The summed E-state index contributed by atoms with van der Waals surface area (Å²) < 4.78 is 41.2. The molecule has 0 aliphatic carbocycles. The lowest BCUT2D eigenvalue weighted by molar-refractivity contribution is -0.327. The molecule has 0 aromatic heterocycles. The zero-order valence-corrected chi connectivity index (χ0v) is 20.8. The highest BCUT2D eigenvalue weighted by atomic mass is 16.7. The maximum absolute atomic E-state index is 12.7. The number of carbonyl (C=O) groups is 1. The summed E-state index contributed by atoms with van der Waals surface area (Å²) in [6, 6.07) is 1.79. The molecule has 0 unspecified atom stereocenters. The first-order valence-corrected chi connectivity index (χ1v) is 11.6. The first-order chi connectivity index (χ1) is 16.9. The molecule has 0 bridgehead atoms. The Hall–Kier alpha value is -2.32. The summed E-state index contributed by atoms with van der Waals surface area (Å²) >= 11 is 0. The predicted molar refractivity (Wildman–Crippen MR) is 130 cm³/mol. The van der Waals surface area contributed by atoms with Crippen LogP contribution in [0.15, 0.2) is 50.6 Å². The van der Waals surface area contributed by atoms with Crippen molar-refractivity contribution < 1.29 is 38.0 Å². The van der Waals surface area contributed by atoms with Crippen LogP contribution in [-0.4, -0.2) is 82.4 Å². The van der Waals surface area contributed by atoms with Crippen molar-refractivity contribution in [3.05, 3.63) is 50.6 Å². The highest BCUT2D eigenvalue weighted by Crippen LogP contribution is 2.31. The monoisotopic (exact) mass is 493 g/mol. The molecule has 0 saturated carbocycles. The molecule has 1 aliphatic rings. The summed E-state index contributed by atoms with van der Waals surface area (Å²) in [4.78, 5) is 12.7. The molecule has 0 aromatic carbocycles. The molecule has 9 nitrogen and oxygen atoms in total. The van der Waals surface area contributed by atoms with E-state index in [1.807, 2.05) is 13.8 Å². The van der Waals surface area contributed by atoms with Gasteiger partial charge in [0.25, 0.3) is 0 Å². The summed E-state index contributed by atoms with van der Waals surface area (Å²) in [5.74, 6) is -0.548. The second-order valence-electron chi connectivity index (χ2n) is 8.15. The molecule has 0 spiro atoms. The lowest BCUT2D eigenvalue weighted by Gasteiger charge is -2.46. The first-order valence-electron chi connectivity index (χ1n) is 11.6. The van der Waals surface area contributed by atoms with Gasteiger partial charge in [-0.15, -0.1) is 26.3 Å². The number of hydrogen-bond donors (Lipinski definition) is 0. The Bertz CT molecular complexity index is 704. The van der Waals surface area contributed by atoms with Crippen LogP contribution < -0.4 is 0 Å². The smallest absolute Gasteiger partial charge is 0.336 e. The number of nitrogens with zero attached hydrogens (tertiary/aromatic N) is 1. The summed E-state index contributed by atoms with van der Waals surface area (Å²) in [6.45, 7) is 19.5. The molecule has 1 rings (SSSR count). The van der Waals surface area contributed by atoms with Gasteiger partial charge in [-0.05, 0) is 12.3 Å². The minimum absolute atomic E-state index is 0.106. The minimum atomic E-state index is -1.02. The van der Waals surface area contributed by atoms with Crippen LogP contribution in [0.5, 0.6) is 0 Å². The number of esters is 1. The topological polar surface area (TPSA) is 105 Å². The lowest BCUT2D eigenvalue weighted by Crippen LogP contribution is -2.62. The quantitative estimate of drug-likeness (QED) is 0.152. The van der Waals surface area contributed by atoms with Gasteiger partial charge in [0.2, 0.25) is 0 Å². The molecule has 0 N–H and O–H groups in total. The SMILES string of the molecule is C=CCOC[C@H]1O[C@@H](O[C@@H](CC(C)C)C(=O)OCC#N)[C@H](OCC=C)[C@@H](OCC=C)[C@@H]1OCC=C. The van der Waals surface area contributed by atoms with Gasteiger partial charge in [0.15, 0.2) is 19.0 Å². The zero-order valence-electron chi connectivity index (χ0n) is 20.8. The third-order valence-corrected chi connectivity index (χ3v) is 4.85. The van der Waals surface area contributed by atoms with E-state index in [2.05, 4.69) is 26.3 Å². The van der Waals surface area contributed by atoms with Crippen LogP contribution in [0.1, 0.15) is 20.3 Å². The third kappa shape index (κ3) is 10.9. The molecule has 0 amide bonds. The maximum Gasteiger partial charge on any atom is 0.336 e. The highest BCUT2D eigenvalue weighted by Gasteiger charge is 2.50. The maximum atomic E-state index is 12.7. The van der Waals surface area contributed by atoms with Gasteiger partial charge < -0.3 is 33.2 Å². The highest BCUT2D eigenvalue weighted by molar-refractivity contribution is 5.74. The van der Waals surface area contributed by atoms with E-state index in [0.29, 0.717) is 13.0 Å². The van der Waals surface area contributed by atoms with Gasteiger partial charge in [-0.1, -0.05) is 38.2 Å². The molecular weight excluding hydrogens is 454 g/mol. The molecule has 0 radical (unpaired) electrons. The number of carbonyl (C=O) groups excluding carboxylic acids is 1. The van der Waals surface area contributed by atoms with E-state index in [0.717, 1.165) is 0 Å². The molecule has 6 atom stereocenters. The molecule has 1 heterocycles. The lowest BCUT2D eigenvalue weighted by atomic mass is 9.97. The van der Waals surface area contributed by atoms with Gasteiger partial charge in [0.1, 0.15) is 30.5 Å². The van der Waals surface area contributed by atoms with Crippen LogP contribution in [0.2, 0.25) is 0 Å². The number of rotatable bonds is 19. The molecular formula is C26H39NO8. The van der Waals surface area contributed by atoms with E-state index in [4.69, 9.17) is 38.4 Å². The van der Waals surface area contributed by atoms with Crippen LogP contribution in [0, 0.1) is 17.2 Å². The minimum Gasteiger partial charge on any atom is -0.448 e. The summed E-state index contributed by atoms with van der Waals surface area (Å²) in [7, 11) is 0. The van der Waals surface area contributed by atoms with Gasteiger partial charge in [-0.3, -0.25) is 0 Å².